The minimum atomic E-state index is -0.238. The monoisotopic (exact) mass is 413 g/mol. The largest absolute Gasteiger partial charge is 0.497 e. The quantitative estimate of drug-likeness (QED) is 0.556. The van der Waals surface area contributed by atoms with Crippen molar-refractivity contribution < 1.29 is 13.9 Å². The highest BCUT2D eigenvalue weighted by Crippen LogP contribution is 2.34. The van der Waals surface area contributed by atoms with Crippen LogP contribution in [-0.2, 0) is 4.79 Å². The average Bonchev–Trinajstić information content (AvgIpc) is 3.46. The zero-order chi connectivity index (χ0) is 19.5. The summed E-state index contributed by atoms with van der Waals surface area (Å²) in [5, 5.41) is 8.17. The number of ether oxygens (including phenoxy) is 1. The van der Waals surface area contributed by atoms with Crippen molar-refractivity contribution in [2.24, 2.45) is 5.10 Å². The van der Waals surface area contributed by atoms with E-state index in [9.17, 15) is 4.79 Å². The first kappa shape index (κ1) is 18.8. The van der Waals surface area contributed by atoms with E-state index in [0.717, 1.165) is 32.8 Å². The Balaban J connectivity index is 1.55. The third kappa shape index (κ3) is 3.98. The Kier molecular flexibility index (Phi) is 5.50. The summed E-state index contributed by atoms with van der Waals surface area (Å²) in [4.78, 5) is 17.3. The van der Waals surface area contributed by atoms with E-state index in [1.54, 1.807) is 29.7 Å². The molecule has 1 aromatic carbocycles. The highest BCUT2D eigenvalue weighted by Gasteiger charge is 2.34. The molecule has 6 nitrogen and oxygen atoms in total. The molecule has 1 unspecified atom stereocenters. The first-order valence-electron chi connectivity index (χ1n) is 8.76. The third-order valence-electron chi connectivity index (χ3n) is 4.38. The summed E-state index contributed by atoms with van der Waals surface area (Å²) in [5.41, 5.74) is 2.79. The number of carbonyl (C=O) groups excluding carboxylic acids is 1. The highest BCUT2D eigenvalue weighted by molar-refractivity contribution is 8.01. The molecule has 144 valence electrons. The number of benzene rings is 1. The number of hydrogen-bond donors (Lipinski definition) is 0. The maximum atomic E-state index is 12.9. The van der Waals surface area contributed by atoms with Crippen LogP contribution in [0.2, 0.25) is 0 Å². The lowest BCUT2D eigenvalue weighted by Crippen LogP contribution is -2.28. The fraction of sp³-hybridized carbons (Fsp3) is 0.250. The molecular formula is C20H19N3O3S2. The second-order valence-corrected chi connectivity index (χ2v) is 8.37. The number of furan rings is 1. The highest BCUT2D eigenvalue weighted by atomic mass is 32.2. The fourth-order valence-corrected chi connectivity index (χ4v) is 4.69. The first-order valence-corrected chi connectivity index (χ1v) is 10.6. The van der Waals surface area contributed by atoms with Crippen LogP contribution >= 0.6 is 23.1 Å². The van der Waals surface area contributed by atoms with Crippen molar-refractivity contribution in [3.8, 4) is 5.75 Å². The van der Waals surface area contributed by atoms with Crippen molar-refractivity contribution in [2.75, 3.05) is 12.9 Å². The first-order chi connectivity index (χ1) is 13.6. The van der Waals surface area contributed by atoms with Crippen molar-refractivity contribution in [3.05, 3.63) is 65.1 Å². The summed E-state index contributed by atoms with van der Waals surface area (Å²) in [6.07, 6.45) is 2.23. The van der Waals surface area contributed by atoms with Gasteiger partial charge in [0.1, 0.15) is 17.6 Å². The Hall–Kier alpha value is -2.58. The van der Waals surface area contributed by atoms with E-state index in [1.807, 2.05) is 48.7 Å². The van der Waals surface area contributed by atoms with Gasteiger partial charge in [0.15, 0.2) is 4.34 Å². The lowest BCUT2D eigenvalue weighted by Gasteiger charge is -2.19. The molecule has 1 amide bonds. The molecule has 4 rings (SSSR count). The van der Waals surface area contributed by atoms with Gasteiger partial charge in [0, 0.05) is 17.5 Å². The van der Waals surface area contributed by atoms with E-state index >= 15 is 0 Å². The minimum Gasteiger partial charge on any atom is -0.497 e. The number of hydrazone groups is 1. The van der Waals surface area contributed by atoms with Crippen LogP contribution in [0.25, 0.3) is 0 Å². The lowest BCUT2D eigenvalue weighted by molar-refractivity contribution is -0.130. The smallest absolute Gasteiger partial charge is 0.253 e. The zero-order valence-electron chi connectivity index (χ0n) is 15.5. The maximum Gasteiger partial charge on any atom is 0.253 e. The van der Waals surface area contributed by atoms with Gasteiger partial charge in [-0.3, -0.25) is 4.79 Å². The molecule has 1 atom stereocenters. The number of amides is 1. The lowest BCUT2D eigenvalue weighted by atomic mass is 10.0. The summed E-state index contributed by atoms with van der Waals surface area (Å²) >= 11 is 2.99. The normalized spacial score (nSPS) is 16.3. The van der Waals surface area contributed by atoms with E-state index < -0.39 is 0 Å². The topological polar surface area (TPSA) is 67.9 Å². The molecule has 2 aromatic heterocycles. The van der Waals surface area contributed by atoms with Crippen LogP contribution in [0.1, 0.15) is 29.5 Å². The molecule has 0 saturated heterocycles. The van der Waals surface area contributed by atoms with Crippen molar-refractivity contribution in [3.63, 3.8) is 0 Å². The van der Waals surface area contributed by atoms with Gasteiger partial charge in [0.2, 0.25) is 0 Å². The number of aromatic nitrogens is 1. The molecule has 0 N–H and O–H groups in total. The standard InChI is InChI=1S/C20H19N3O3S2/c1-13-11-27-20(21-13)28-12-19(24)23-17(18-4-3-9-26-18)10-16(22-23)14-5-7-15(25-2)8-6-14/h3-9,11,17H,10,12H2,1-2H3. The fourth-order valence-electron chi connectivity index (χ4n) is 2.99. The number of thioether (sulfide) groups is 1. The Morgan fingerprint density at radius 3 is 2.82 bits per heavy atom. The van der Waals surface area contributed by atoms with E-state index in [-0.39, 0.29) is 17.7 Å². The van der Waals surface area contributed by atoms with Gasteiger partial charge >= 0.3 is 0 Å². The zero-order valence-corrected chi connectivity index (χ0v) is 17.1. The summed E-state index contributed by atoms with van der Waals surface area (Å²) in [6, 6.07) is 11.2. The molecule has 0 radical (unpaired) electrons. The second-order valence-electron chi connectivity index (χ2n) is 6.29. The van der Waals surface area contributed by atoms with Crippen LogP contribution in [-0.4, -0.2) is 34.5 Å². The number of thiazole rings is 1. The molecule has 3 heterocycles. The van der Waals surface area contributed by atoms with Gasteiger partial charge in [-0.05, 0) is 48.9 Å². The predicted molar refractivity (Wildman–Crippen MR) is 110 cm³/mol. The molecule has 1 aliphatic heterocycles. The van der Waals surface area contributed by atoms with Gasteiger partial charge in [0.25, 0.3) is 5.91 Å². The molecule has 0 spiro atoms. The van der Waals surface area contributed by atoms with Gasteiger partial charge in [-0.2, -0.15) is 5.10 Å². The third-order valence-corrected chi connectivity index (χ3v) is 6.50. The molecule has 28 heavy (non-hydrogen) atoms. The Labute approximate surface area is 171 Å². The number of aryl methyl sites for hydroxylation is 1. The number of hydrogen-bond acceptors (Lipinski definition) is 7. The van der Waals surface area contributed by atoms with E-state index in [0.29, 0.717) is 6.42 Å². The number of rotatable bonds is 6. The van der Waals surface area contributed by atoms with Crippen molar-refractivity contribution in [1.82, 2.24) is 9.99 Å². The van der Waals surface area contributed by atoms with Crippen molar-refractivity contribution in [2.45, 2.75) is 23.7 Å². The molecule has 0 aliphatic carbocycles. The second kappa shape index (κ2) is 8.20. The molecular weight excluding hydrogens is 394 g/mol. The van der Waals surface area contributed by atoms with Gasteiger partial charge in [-0.15, -0.1) is 11.3 Å². The molecule has 0 fully saturated rings. The van der Waals surface area contributed by atoms with Crippen LogP contribution in [0.3, 0.4) is 0 Å². The summed E-state index contributed by atoms with van der Waals surface area (Å²) in [7, 11) is 1.64. The molecule has 0 saturated carbocycles. The average molecular weight is 414 g/mol. The number of carbonyl (C=O) groups is 1. The summed E-state index contributed by atoms with van der Waals surface area (Å²) in [5.74, 6) is 1.73. The van der Waals surface area contributed by atoms with Gasteiger partial charge in [-0.25, -0.2) is 9.99 Å². The number of nitrogens with zero attached hydrogens (tertiary/aromatic N) is 3. The van der Waals surface area contributed by atoms with Crippen LogP contribution in [0.5, 0.6) is 5.75 Å². The van der Waals surface area contributed by atoms with Crippen LogP contribution < -0.4 is 4.74 Å². The van der Waals surface area contributed by atoms with E-state index in [1.165, 1.54) is 11.8 Å². The van der Waals surface area contributed by atoms with Crippen molar-refractivity contribution in [1.29, 1.82) is 0 Å². The predicted octanol–water partition coefficient (Wildman–Crippen LogP) is 4.52. The molecule has 1 aliphatic rings. The number of methoxy groups -OCH3 is 1. The summed E-state index contributed by atoms with van der Waals surface area (Å²) in [6.45, 7) is 1.95. The van der Waals surface area contributed by atoms with Gasteiger partial charge in [-0.1, -0.05) is 11.8 Å². The van der Waals surface area contributed by atoms with Crippen LogP contribution in [0.4, 0.5) is 0 Å². The van der Waals surface area contributed by atoms with Crippen LogP contribution in [0.15, 0.2) is 61.9 Å². The SMILES string of the molecule is COc1ccc(C2=NN(C(=O)CSc3nc(C)cs3)C(c3ccco3)C2)cc1. The molecule has 0 bridgehead atoms. The Morgan fingerprint density at radius 2 is 2.18 bits per heavy atom. The summed E-state index contributed by atoms with van der Waals surface area (Å²) < 4.78 is 11.7. The maximum absolute atomic E-state index is 12.9. The van der Waals surface area contributed by atoms with Gasteiger partial charge in [0.05, 0.1) is 24.8 Å². The Morgan fingerprint density at radius 1 is 1.36 bits per heavy atom. The van der Waals surface area contributed by atoms with E-state index in [2.05, 4.69) is 10.1 Å². The molecule has 8 heteroatoms. The van der Waals surface area contributed by atoms with Gasteiger partial charge < -0.3 is 9.15 Å². The molecule has 3 aromatic rings. The Bertz CT molecular complexity index is 981. The van der Waals surface area contributed by atoms with Crippen LogP contribution in [0, 0.1) is 6.92 Å². The van der Waals surface area contributed by atoms with Crippen molar-refractivity contribution >= 4 is 34.7 Å². The van der Waals surface area contributed by atoms with E-state index in [4.69, 9.17) is 9.15 Å². The minimum absolute atomic E-state index is 0.0669.